The number of nitrogens with one attached hydrogen (secondary N) is 1. The topological polar surface area (TPSA) is 58.1 Å². The van der Waals surface area contributed by atoms with Crippen LogP contribution in [0.25, 0.3) is 0 Å². The summed E-state index contributed by atoms with van der Waals surface area (Å²) in [5, 5.41) is 12.6. The minimum atomic E-state index is -0.155. The van der Waals surface area contributed by atoms with Crippen LogP contribution in [0.15, 0.2) is 24.3 Å². The van der Waals surface area contributed by atoms with Crippen LogP contribution >= 0.6 is 11.3 Å². The van der Waals surface area contributed by atoms with E-state index in [0.29, 0.717) is 16.6 Å². The first-order chi connectivity index (χ1) is 10.5. The van der Waals surface area contributed by atoms with Crippen LogP contribution < -0.4 is 10.2 Å². The van der Waals surface area contributed by atoms with Crippen LogP contribution in [-0.4, -0.2) is 30.2 Å². The number of rotatable bonds is 6. The summed E-state index contributed by atoms with van der Waals surface area (Å²) in [4.78, 5) is 14.2. The van der Waals surface area contributed by atoms with Crippen molar-refractivity contribution in [3.8, 4) is 0 Å². The average molecular weight is 318 g/mol. The van der Waals surface area contributed by atoms with Crippen LogP contribution in [0.1, 0.15) is 48.0 Å². The van der Waals surface area contributed by atoms with E-state index in [2.05, 4.69) is 29.4 Å². The van der Waals surface area contributed by atoms with Crippen molar-refractivity contribution in [1.82, 2.24) is 10.2 Å². The molecule has 118 valence electrons. The molecule has 0 saturated carbocycles. The lowest BCUT2D eigenvalue weighted by Crippen LogP contribution is -2.13. The summed E-state index contributed by atoms with van der Waals surface area (Å²) in [6.45, 7) is 4.28. The SMILES string of the molecule is CCC(CC)c1nnc(NC(=O)c2ccc(N(C)C)cc2)s1. The highest BCUT2D eigenvalue weighted by Crippen LogP contribution is 2.28. The number of aromatic nitrogens is 2. The van der Waals surface area contributed by atoms with Gasteiger partial charge in [0.1, 0.15) is 5.01 Å². The molecule has 2 aromatic rings. The predicted octanol–water partition coefficient (Wildman–Crippen LogP) is 3.76. The Kier molecular flexibility index (Phi) is 5.49. The van der Waals surface area contributed by atoms with Crippen molar-refractivity contribution in [2.75, 3.05) is 24.3 Å². The summed E-state index contributed by atoms with van der Waals surface area (Å²) < 4.78 is 0. The van der Waals surface area contributed by atoms with Crippen molar-refractivity contribution in [2.45, 2.75) is 32.6 Å². The van der Waals surface area contributed by atoms with Gasteiger partial charge in [-0.1, -0.05) is 25.2 Å². The quantitative estimate of drug-likeness (QED) is 0.881. The van der Waals surface area contributed by atoms with Gasteiger partial charge in [-0.15, -0.1) is 10.2 Å². The molecule has 1 aromatic carbocycles. The highest BCUT2D eigenvalue weighted by atomic mass is 32.1. The van der Waals surface area contributed by atoms with Gasteiger partial charge in [-0.2, -0.15) is 0 Å². The zero-order valence-electron chi connectivity index (χ0n) is 13.5. The van der Waals surface area contributed by atoms with E-state index in [1.54, 1.807) is 0 Å². The molecule has 1 aromatic heterocycles. The Bertz CT molecular complexity index is 617. The second-order valence-electron chi connectivity index (χ2n) is 5.35. The van der Waals surface area contributed by atoms with Gasteiger partial charge in [0.25, 0.3) is 5.91 Å². The van der Waals surface area contributed by atoms with Crippen LogP contribution in [0.2, 0.25) is 0 Å². The summed E-state index contributed by atoms with van der Waals surface area (Å²) in [6, 6.07) is 7.47. The van der Waals surface area contributed by atoms with Gasteiger partial charge < -0.3 is 4.90 Å². The molecule has 0 aliphatic heterocycles. The van der Waals surface area contributed by atoms with E-state index in [-0.39, 0.29) is 5.91 Å². The molecule has 1 amide bonds. The summed E-state index contributed by atoms with van der Waals surface area (Å²) in [7, 11) is 3.94. The predicted molar refractivity (Wildman–Crippen MR) is 92.0 cm³/mol. The Hall–Kier alpha value is -1.95. The summed E-state index contributed by atoms with van der Waals surface area (Å²) in [5.74, 6) is 0.264. The summed E-state index contributed by atoms with van der Waals surface area (Å²) in [6.07, 6.45) is 2.07. The van der Waals surface area contributed by atoms with Gasteiger partial charge in [0.15, 0.2) is 0 Å². The first-order valence-corrected chi connectivity index (χ1v) is 8.28. The third kappa shape index (κ3) is 3.82. The van der Waals surface area contributed by atoms with E-state index in [9.17, 15) is 4.79 Å². The van der Waals surface area contributed by atoms with Gasteiger partial charge in [0, 0.05) is 31.3 Å². The highest BCUT2D eigenvalue weighted by molar-refractivity contribution is 7.15. The minimum absolute atomic E-state index is 0.155. The molecule has 0 radical (unpaired) electrons. The second kappa shape index (κ2) is 7.35. The molecule has 5 nitrogen and oxygen atoms in total. The Morgan fingerprint density at radius 2 is 1.82 bits per heavy atom. The van der Waals surface area contributed by atoms with Crippen LogP contribution in [-0.2, 0) is 0 Å². The number of anilines is 2. The smallest absolute Gasteiger partial charge is 0.257 e. The summed E-state index contributed by atoms with van der Waals surface area (Å²) >= 11 is 1.46. The van der Waals surface area contributed by atoms with E-state index >= 15 is 0 Å². The minimum Gasteiger partial charge on any atom is -0.378 e. The molecule has 0 spiro atoms. The molecular weight excluding hydrogens is 296 g/mol. The van der Waals surface area contributed by atoms with Crippen LogP contribution in [0, 0.1) is 0 Å². The molecule has 0 bridgehead atoms. The third-order valence-corrected chi connectivity index (χ3v) is 4.64. The van der Waals surface area contributed by atoms with Crippen molar-refractivity contribution < 1.29 is 4.79 Å². The maximum atomic E-state index is 12.2. The molecule has 2 rings (SSSR count). The van der Waals surface area contributed by atoms with Gasteiger partial charge >= 0.3 is 0 Å². The number of amides is 1. The maximum Gasteiger partial charge on any atom is 0.257 e. The average Bonchev–Trinajstić information content (AvgIpc) is 2.97. The fourth-order valence-electron chi connectivity index (χ4n) is 2.17. The molecule has 1 N–H and O–H groups in total. The number of hydrogen-bond donors (Lipinski definition) is 1. The highest BCUT2D eigenvalue weighted by Gasteiger charge is 2.15. The van der Waals surface area contributed by atoms with Crippen molar-refractivity contribution in [3.05, 3.63) is 34.8 Å². The maximum absolute atomic E-state index is 12.2. The lowest BCUT2D eigenvalue weighted by atomic mass is 10.1. The number of hydrogen-bond acceptors (Lipinski definition) is 5. The molecule has 0 saturated heterocycles. The van der Waals surface area contributed by atoms with Crippen molar-refractivity contribution in [1.29, 1.82) is 0 Å². The lowest BCUT2D eigenvalue weighted by Gasteiger charge is -2.12. The fraction of sp³-hybridized carbons (Fsp3) is 0.438. The first-order valence-electron chi connectivity index (χ1n) is 7.47. The van der Waals surface area contributed by atoms with E-state index in [0.717, 1.165) is 23.5 Å². The zero-order valence-corrected chi connectivity index (χ0v) is 14.3. The van der Waals surface area contributed by atoms with Crippen LogP contribution in [0.5, 0.6) is 0 Å². The molecule has 22 heavy (non-hydrogen) atoms. The van der Waals surface area contributed by atoms with E-state index < -0.39 is 0 Å². The van der Waals surface area contributed by atoms with Gasteiger partial charge in [0.05, 0.1) is 0 Å². The molecule has 0 unspecified atom stereocenters. The lowest BCUT2D eigenvalue weighted by molar-refractivity contribution is 0.102. The van der Waals surface area contributed by atoms with E-state index in [1.807, 2.05) is 43.3 Å². The third-order valence-electron chi connectivity index (χ3n) is 3.64. The molecule has 0 aliphatic carbocycles. The molecule has 0 atom stereocenters. The Morgan fingerprint density at radius 3 is 2.36 bits per heavy atom. The molecule has 1 heterocycles. The number of nitrogens with zero attached hydrogens (tertiary/aromatic N) is 3. The Morgan fingerprint density at radius 1 is 1.18 bits per heavy atom. The van der Waals surface area contributed by atoms with Crippen molar-refractivity contribution in [2.24, 2.45) is 0 Å². The van der Waals surface area contributed by atoms with Crippen LogP contribution in [0.3, 0.4) is 0 Å². The molecular formula is C16H22N4OS. The summed E-state index contributed by atoms with van der Waals surface area (Å²) in [5.41, 5.74) is 1.67. The van der Waals surface area contributed by atoms with Gasteiger partial charge in [-0.05, 0) is 37.1 Å². The van der Waals surface area contributed by atoms with Gasteiger partial charge in [-0.25, -0.2) is 0 Å². The molecule has 6 heteroatoms. The zero-order chi connectivity index (χ0) is 16.1. The van der Waals surface area contributed by atoms with E-state index in [1.165, 1.54) is 11.3 Å². The van der Waals surface area contributed by atoms with Crippen molar-refractivity contribution in [3.63, 3.8) is 0 Å². The fourth-order valence-corrected chi connectivity index (χ4v) is 3.17. The van der Waals surface area contributed by atoms with Crippen molar-refractivity contribution >= 4 is 28.1 Å². The largest absolute Gasteiger partial charge is 0.378 e. The number of carbonyl (C=O) groups is 1. The van der Waals surface area contributed by atoms with Crippen LogP contribution in [0.4, 0.5) is 10.8 Å². The normalized spacial score (nSPS) is 10.8. The standard InChI is InChI=1S/C16H22N4OS/c1-5-11(6-2)15-18-19-16(22-15)17-14(21)12-7-9-13(10-8-12)20(3)4/h7-11H,5-6H2,1-4H3,(H,17,19,21). The van der Waals surface area contributed by atoms with Gasteiger partial charge in [0.2, 0.25) is 5.13 Å². The van der Waals surface area contributed by atoms with Gasteiger partial charge in [-0.3, -0.25) is 10.1 Å². The Balaban J connectivity index is 2.05. The monoisotopic (exact) mass is 318 g/mol. The number of carbonyl (C=O) groups excluding carboxylic acids is 1. The first kappa shape index (κ1) is 16.4. The Labute approximate surface area is 135 Å². The number of benzene rings is 1. The van der Waals surface area contributed by atoms with E-state index in [4.69, 9.17) is 0 Å². The second-order valence-corrected chi connectivity index (χ2v) is 6.36. The molecule has 0 fully saturated rings. The molecule has 0 aliphatic rings.